The maximum Gasteiger partial charge on any atom is 0.274 e. The van der Waals surface area contributed by atoms with E-state index in [1.54, 1.807) is 29.5 Å². The molecule has 1 N–H and O–H groups in total. The van der Waals surface area contributed by atoms with Gasteiger partial charge in [-0.3, -0.25) is 9.59 Å². The molecule has 0 bridgehead atoms. The number of thiophene rings is 1. The molecule has 1 unspecified atom stereocenters. The molecule has 3 rings (SSSR count). The topological polar surface area (TPSA) is 67.2 Å². The number of benzene rings is 1. The van der Waals surface area contributed by atoms with Gasteiger partial charge < -0.3 is 10.2 Å². The fourth-order valence-corrected chi connectivity index (χ4v) is 3.81. The van der Waals surface area contributed by atoms with Crippen molar-refractivity contribution in [1.82, 2.24) is 20.0 Å². The number of hydrogen-bond acceptors (Lipinski definition) is 5. The summed E-state index contributed by atoms with van der Waals surface area (Å²) in [6.45, 7) is 2.93. The summed E-state index contributed by atoms with van der Waals surface area (Å²) < 4.78 is 1.39. The lowest BCUT2D eigenvalue weighted by Gasteiger charge is -2.24. The van der Waals surface area contributed by atoms with Crippen LogP contribution in [-0.2, 0) is 6.54 Å². The lowest BCUT2D eigenvalue weighted by atomic mass is 10.1. The molecule has 0 saturated carbocycles. The zero-order valence-corrected chi connectivity index (χ0v) is 16.6. The summed E-state index contributed by atoms with van der Waals surface area (Å²) in [6, 6.07) is 9.29. The first-order valence-corrected chi connectivity index (χ1v) is 9.93. The minimum Gasteiger partial charge on any atom is -0.349 e. The number of rotatable bonds is 7. The quantitative estimate of drug-likeness (QED) is 0.680. The van der Waals surface area contributed by atoms with E-state index in [2.05, 4.69) is 26.8 Å². The number of nitrogens with zero attached hydrogens (tertiary/aromatic N) is 3. The minimum atomic E-state index is -0.266. The predicted octanol–water partition coefficient (Wildman–Crippen LogP) is 2.90. The van der Waals surface area contributed by atoms with Gasteiger partial charge in [-0.2, -0.15) is 16.4 Å². The highest BCUT2D eigenvalue weighted by Crippen LogP contribution is 2.20. The van der Waals surface area contributed by atoms with Gasteiger partial charge in [-0.05, 0) is 49.0 Å². The third-order valence-electron chi connectivity index (χ3n) is 4.53. The maximum atomic E-state index is 12.9. The third kappa shape index (κ3) is 4.09. The maximum absolute atomic E-state index is 12.9. The molecule has 3 aromatic rings. The number of aromatic nitrogens is 2. The van der Waals surface area contributed by atoms with Crippen LogP contribution < -0.4 is 10.9 Å². The highest BCUT2D eigenvalue weighted by Gasteiger charge is 2.20. The van der Waals surface area contributed by atoms with Crippen molar-refractivity contribution in [1.29, 1.82) is 0 Å². The van der Waals surface area contributed by atoms with E-state index in [0.717, 1.165) is 6.42 Å². The molecule has 0 spiro atoms. The van der Waals surface area contributed by atoms with Gasteiger partial charge >= 0.3 is 0 Å². The first-order valence-electron chi connectivity index (χ1n) is 8.99. The average molecular weight is 385 g/mol. The Morgan fingerprint density at radius 2 is 2.00 bits per heavy atom. The summed E-state index contributed by atoms with van der Waals surface area (Å²) in [5.74, 6) is -0.266. The Morgan fingerprint density at radius 1 is 1.26 bits per heavy atom. The minimum absolute atomic E-state index is 0.0769. The van der Waals surface area contributed by atoms with Crippen molar-refractivity contribution < 1.29 is 4.79 Å². The fraction of sp³-hybridized carbons (Fsp3) is 0.350. The predicted molar refractivity (Wildman–Crippen MR) is 109 cm³/mol. The standard InChI is InChI=1S/C20H24N4O2S/c1-4-10-24-20(26)16-8-6-5-7-15(16)18(22-24)19(25)21-12-17(23(2)3)14-9-11-27-13-14/h5-9,11,13,17H,4,10,12H2,1-3H3,(H,21,25). The Kier molecular flexibility index (Phi) is 6.03. The summed E-state index contributed by atoms with van der Waals surface area (Å²) in [5, 5.41) is 12.6. The molecule has 1 atom stereocenters. The average Bonchev–Trinajstić information content (AvgIpc) is 3.18. The van der Waals surface area contributed by atoms with E-state index < -0.39 is 0 Å². The summed E-state index contributed by atoms with van der Waals surface area (Å²) >= 11 is 1.64. The Hall–Kier alpha value is -2.51. The normalized spacial score (nSPS) is 12.4. The number of hydrogen-bond donors (Lipinski definition) is 1. The molecule has 6 nitrogen and oxygen atoms in total. The number of carbonyl (C=O) groups is 1. The molecule has 7 heteroatoms. The molecular weight excluding hydrogens is 360 g/mol. The Morgan fingerprint density at radius 3 is 2.63 bits per heavy atom. The van der Waals surface area contributed by atoms with Gasteiger partial charge in [-0.15, -0.1) is 0 Å². The van der Waals surface area contributed by atoms with Crippen LogP contribution in [0, 0.1) is 0 Å². The lowest BCUT2D eigenvalue weighted by molar-refractivity contribution is 0.0936. The van der Waals surface area contributed by atoms with Gasteiger partial charge in [0.2, 0.25) is 0 Å². The zero-order chi connectivity index (χ0) is 19.4. The van der Waals surface area contributed by atoms with Gasteiger partial charge in [-0.25, -0.2) is 4.68 Å². The number of likely N-dealkylation sites (N-methyl/N-ethyl adjacent to an activating group) is 1. The molecule has 0 aliphatic carbocycles. The van der Waals surface area contributed by atoms with Crippen molar-refractivity contribution in [3.05, 3.63) is 62.7 Å². The van der Waals surface area contributed by atoms with Crippen LogP contribution in [0.15, 0.2) is 45.9 Å². The van der Waals surface area contributed by atoms with Crippen molar-refractivity contribution in [2.75, 3.05) is 20.6 Å². The monoisotopic (exact) mass is 384 g/mol. The van der Waals surface area contributed by atoms with E-state index >= 15 is 0 Å². The molecular formula is C20H24N4O2S. The molecule has 0 radical (unpaired) electrons. The highest BCUT2D eigenvalue weighted by atomic mass is 32.1. The Balaban J connectivity index is 1.91. The summed E-state index contributed by atoms with van der Waals surface area (Å²) in [7, 11) is 3.98. The van der Waals surface area contributed by atoms with Crippen LogP contribution in [0.2, 0.25) is 0 Å². The summed E-state index contributed by atoms with van der Waals surface area (Å²) in [6.07, 6.45) is 0.771. The van der Waals surface area contributed by atoms with E-state index in [9.17, 15) is 9.59 Å². The van der Waals surface area contributed by atoms with Crippen molar-refractivity contribution in [3.63, 3.8) is 0 Å². The Bertz CT molecular complexity index is 979. The molecule has 0 fully saturated rings. The second kappa shape index (κ2) is 8.45. The molecule has 27 heavy (non-hydrogen) atoms. The van der Waals surface area contributed by atoms with Crippen molar-refractivity contribution >= 4 is 28.0 Å². The highest BCUT2D eigenvalue weighted by molar-refractivity contribution is 7.07. The molecule has 0 aliphatic heterocycles. The number of fused-ring (bicyclic) bond motifs is 1. The van der Waals surface area contributed by atoms with E-state index in [-0.39, 0.29) is 17.5 Å². The van der Waals surface area contributed by atoms with Crippen molar-refractivity contribution in [2.24, 2.45) is 0 Å². The van der Waals surface area contributed by atoms with E-state index in [4.69, 9.17) is 0 Å². The molecule has 2 heterocycles. The number of carbonyl (C=O) groups excluding carboxylic acids is 1. The SMILES string of the molecule is CCCn1nc(C(=O)NCC(c2ccsc2)N(C)C)c2ccccc2c1=O. The van der Waals surface area contributed by atoms with Gasteiger partial charge in [0, 0.05) is 18.5 Å². The second-order valence-electron chi connectivity index (χ2n) is 6.67. The zero-order valence-electron chi connectivity index (χ0n) is 15.8. The molecule has 142 valence electrons. The van der Waals surface area contributed by atoms with Crippen LogP contribution in [0.1, 0.15) is 35.4 Å². The largest absolute Gasteiger partial charge is 0.349 e. The first-order chi connectivity index (χ1) is 13.0. The van der Waals surface area contributed by atoms with Crippen LogP contribution in [0.4, 0.5) is 0 Å². The van der Waals surface area contributed by atoms with Crippen LogP contribution in [0.25, 0.3) is 10.8 Å². The van der Waals surface area contributed by atoms with Crippen LogP contribution in [-0.4, -0.2) is 41.2 Å². The molecule has 0 aliphatic rings. The number of nitrogens with one attached hydrogen (secondary N) is 1. The van der Waals surface area contributed by atoms with Crippen LogP contribution in [0.5, 0.6) is 0 Å². The second-order valence-corrected chi connectivity index (χ2v) is 7.45. The van der Waals surface area contributed by atoms with E-state index in [1.165, 1.54) is 10.2 Å². The molecule has 0 saturated heterocycles. The first kappa shape index (κ1) is 19.3. The molecule has 2 aromatic heterocycles. The lowest BCUT2D eigenvalue weighted by Crippen LogP contribution is -2.36. The summed E-state index contributed by atoms with van der Waals surface area (Å²) in [5.41, 5.74) is 1.30. The van der Waals surface area contributed by atoms with Gasteiger partial charge in [0.25, 0.3) is 11.5 Å². The van der Waals surface area contributed by atoms with Gasteiger partial charge in [0.1, 0.15) is 0 Å². The Labute approximate surface area is 162 Å². The van der Waals surface area contributed by atoms with Gasteiger partial charge in [0.15, 0.2) is 5.69 Å². The summed E-state index contributed by atoms with van der Waals surface area (Å²) in [4.78, 5) is 27.6. The van der Waals surface area contributed by atoms with Crippen molar-refractivity contribution in [3.8, 4) is 0 Å². The van der Waals surface area contributed by atoms with E-state index in [1.807, 2.05) is 32.5 Å². The van der Waals surface area contributed by atoms with Gasteiger partial charge in [-0.1, -0.05) is 25.1 Å². The fourth-order valence-electron chi connectivity index (χ4n) is 3.10. The third-order valence-corrected chi connectivity index (χ3v) is 5.23. The van der Waals surface area contributed by atoms with Crippen LogP contribution >= 0.6 is 11.3 Å². The van der Waals surface area contributed by atoms with E-state index in [0.29, 0.717) is 29.6 Å². The molecule has 1 amide bonds. The van der Waals surface area contributed by atoms with Crippen molar-refractivity contribution in [2.45, 2.75) is 25.9 Å². The smallest absolute Gasteiger partial charge is 0.274 e. The number of aryl methyl sites for hydroxylation is 1. The van der Waals surface area contributed by atoms with Gasteiger partial charge in [0.05, 0.1) is 11.4 Å². The molecule has 1 aromatic carbocycles. The number of amides is 1. The van der Waals surface area contributed by atoms with Crippen LogP contribution in [0.3, 0.4) is 0 Å².